The van der Waals surface area contributed by atoms with Gasteiger partial charge in [-0.2, -0.15) is 4.39 Å². The lowest BCUT2D eigenvalue weighted by atomic mass is 9.77. The molecule has 2 rings (SSSR count). The van der Waals surface area contributed by atoms with Crippen molar-refractivity contribution in [1.29, 1.82) is 0 Å². The van der Waals surface area contributed by atoms with Crippen LogP contribution in [0.1, 0.15) is 62.2 Å². The van der Waals surface area contributed by atoms with E-state index < -0.39 is 23.2 Å². The summed E-state index contributed by atoms with van der Waals surface area (Å²) in [7, 11) is 0. The van der Waals surface area contributed by atoms with Crippen molar-refractivity contribution in [2.75, 3.05) is 0 Å². The number of aromatic hydroxyl groups is 1. The van der Waals surface area contributed by atoms with Gasteiger partial charge in [0.15, 0.2) is 17.3 Å². The van der Waals surface area contributed by atoms with Crippen LogP contribution in [0, 0.1) is 23.5 Å². The summed E-state index contributed by atoms with van der Waals surface area (Å²) in [5.74, 6) is -4.01. The van der Waals surface area contributed by atoms with Gasteiger partial charge in [0.25, 0.3) is 0 Å². The molecule has 0 heterocycles. The van der Waals surface area contributed by atoms with Gasteiger partial charge in [0, 0.05) is 5.92 Å². The van der Waals surface area contributed by atoms with Crippen molar-refractivity contribution in [1.82, 2.24) is 0 Å². The second-order valence-corrected chi connectivity index (χ2v) is 6.33. The van der Waals surface area contributed by atoms with Crippen LogP contribution < -0.4 is 0 Å². The van der Waals surface area contributed by atoms with Gasteiger partial charge < -0.3 is 5.11 Å². The molecule has 5 heteroatoms. The van der Waals surface area contributed by atoms with Crippen LogP contribution in [0.15, 0.2) is 12.1 Å². The largest absolute Gasteiger partial charge is 0.504 e. The Morgan fingerprint density at radius 2 is 1.83 bits per heavy atom. The lowest BCUT2D eigenvalue weighted by Crippen LogP contribution is -2.24. The van der Waals surface area contributed by atoms with Gasteiger partial charge in [0.2, 0.25) is 5.82 Å². The fourth-order valence-electron chi connectivity index (χ4n) is 3.34. The topological polar surface area (TPSA) is 54.4 Å². The molecule has 0 unspecified atom stereocenters. The number of halogens is 2. The summed E-state index contributed by atoms with van der Waals surface area (Å²) in [6.45, 7) is 2.14. The molecule has 1 saturated carbocycles. The normalized spacial score (nSPS) is 21.2. The first-order valence-corrected chi connectivity index (χ1v) is 8.16. The summed E-state index contributed by atoms with van der Waals surface area (Å²) < 4.78 is 26.3. The number of benzene rings is 1. The zero-order chi connectivity index (χ0) is 17.0. The Hall–Kier alpha value is -1.78. The Balaban J connectivity index is 1.96. The number of carbonyl (C=O) groups is 2. The minimum atomic E-state index is -1.46. The maximum Gasteiger partial charge on any atom is 0.201 e. The fourth-order valence-corrected chi connectivity index (χ4v) is 3.34. The average Bonchev–Trinajstić information content (AvgIpc) is 2.53. The second-order valence-electron chi connectivity index (χ2n) is 6.33. The van der Waals surface area contributed by atoms with Gasteiger partial charge >= 0.3 is 0 Å². The van der Waals surface area contributed by atoms with Gasteiger partial charge in [-0.05, 0) is 43.7 Å². The molecule has 1 aromatic rings. The van der Waals surface area contributed by atoms with Gasteiger partial charge in [0.1, 0.15) is 5.78 Å². The summed E-state index contributed by atoms with van der Waals surface area (Å²) >= 11 is 0. The van der Waals surface area contributed by atoms with Crippen molar-refractivity contribution in [2.24, 2.45) is 11.8 Å². The van der Waals surface area contributed by atoms with Crippen LogP contribution in [0.2, 0.25) is 0 Å². The smallest absolute Gasteiger partial charge is 0.201 e. The average molecular weight is 324 g/mol. The number of hydrogen-bond donors (Lipinski definition) is 1. The summed E-state index contributed by atoms with van der Waals surface area (Å²) in [6.07, 6.45) is 5.48. The molecule has 0 aromatic heterocycles. The first-order valence-electron chi connectivity index (χ1n) is 8.16. The second kappa shape index (κ2) is 7.66. The third kappa shape index (κ3) is 4.15. The minimum Gasteiger partial charge on any atom is -0.504 e. The summed E-state index contributed by atoms with van der Waals surface area (Å²) in [5, 5.41) is 9.52. The monoisotopic (exact) mass is 324 g/mol. The van der Waals surface area contributed by atoms with Crippen molar-refractivity contribution in [3.63, 3.8) is 0 Å². The molecule has 0 amide bonds. The molecule has 0 aliphatic heterocycles. The number of Topliss-reactive ketones (excluding diaryl/α,β-unsaturated/α-hetero) is 2. The number of hydrogen-bond acceptors (Lipinski definition) is 3. The third-order valence-corrected chi connectivity index (χ3v) is 4.70. The Morgan fingerprint density at radius 3 is 2.43 bits per heavy atom. The zero-order valence-electron chi connectivity index (χ0n) is 13.3. The first kappa shape index (κ1) is 17.6. The summed E-state index contributed by atoms with van der Waals surface area (Å²) in [6, 6.07) is 1.80. The van der Waals surface area contributed by atoms with Crippen molar-refractivity contribution in [2.45, 2.75) is 51.9 Å². The highest BCUT2D eigenvalue weighted by Gasteiger charge is 2.28. The molecule has 0 radical (unpaired) electrons. The van der Waals surface area contributed by atoms with Gasteiger partial charge in [-0.1, -0.05) is 19.8 Å². The number of rotatable bonds is 6. The molecule has 23 heavy (non-hydrogen) atoms. The number of ketones is 2. The third-order valence-electron chi connectivity index (χ3n) is 4.70. The highest BCUT2D eigenvalue weighted by Crippen LogP contribution is 2.33. The van der Waals surface area contributed by atoms with Crippen molar-refractivity contribution in [3.05, 3.63) is 29.3 Å². The molecular weight excluding hydrogens is 302 g/mol. The maximum atomic E-state index is 13.3. The van der Waals surface area contributed by atoms with E-state index in [1.165, 1.54) is 6.42 Å². The van der Waals surface area contributed by atoms with Gasteiger partial charge in [0.05, 0.1) is 12.0 Å². The van der Waals surface area contributed by atoms with E-state index >= 15 is 0 Å². The SMILES string of the molecule is CCCC1CCC(C(=O)CC(=O)c2ccc(F)c(F)c2O)CC1. The molecule has 0 saturated heterocycles. The standard InChI is InChI=1S/C18H22F2O3/c1-2-3-11-4-6-12(7-5-11)15(21)10-16(22)13-8-9-14(19)17(20)18(13)23/h8-9,11-12,23H,2-7,10H2,1H3. The molecule has 1 aromatic carbocycles. The van der Waals surface area contributed by atoms with E-state index in [4.69, 9.17) is 0 Å². The van der Waals surface area contributed by atoms with Crippen molar-refractivity contribution in [3.8, 4) is 5.75 Å². The number of phenols is 1. The molecule has 1 aliphatic rings. The molecule has 1 fully saturated rings. The Morgan fingerprint density at radius 1 is 1.17 bits per heavy atom. The molecule has 0 spiro atoms. The van der Waals surface area contributed by atoms with E-state index in [9.17, 15) is 23.5 Å². The Labute approximate surface area is 134 Å². The summed E-state index contributed by atoms with van der Waals surface area (Å²) in [5.41, 5.74) is -0.336. The van der Waals surface area contributed by atoms with E-state index in [0.717, 1.165) is 44.2 Å². The quantitative estimate of drug-likeness (QED) is 0.622. The lowest BCUT2D eigenvalue weighted by Gasteiger charge is -2.27. The number of phenolic OH excluding ortho intramolecular Hbond substituents is 1. The van der Waals surface area contributed by atoms with E-state index in [1.807, 2.05) is 0 Å². The van der Waals surface area contributed by atoms with Crippen molar-refractivity contribution >= 4 is 11.6 Å². The molecule has 3 nitrogen and oxygen atoms in total. The van der Waals surface area contributed by atoms with Crippen molar-refractivity contribution < 1.29 is 23.5 Å². The van der Waals surface area contributed by atoms with Crippen LogP contribution in [0.4, 0.5) is 8.78 Å². The lowest BCUT2D eigenvalue weighted by molar-refractivity contribution is -0.123. The van der Waals surface area contributed by atoms with E-state index in [0.29, 0.717) is 5.92 Å². The summed E-state index contributed by atoms with van der Waals surface area (Å²) in [4.78, 5) is 24.3. The van der Waals surface area contributed by atoms with Gasteiger partial charge in [-0.15, -0.1) is 0 Å². The Bertz CT molecular complexity index is 590. The van der Waals surface area contributed by atoms with Crippen LogP contribution in [0.3, 0.4) is 0 Å². The highest BCUT2D eigenvalue weighted by molar-refractivity contribution is 6.09. The molecule has 1 aliphatic carbocycles. The van der Waals surface area contributed by atoms with E-state index in [-0.39, 0.29) is 23.7 Å². The minimum absolute atomic E-state index is 0.139. The molecule has 1 N–H and O–H groups in total. The van der Waals surface area contributed by atoms with Gasteiger partial charge in [-0.25, -0.2) is 4.39 Å². The van der Waals surface area contributed by atoms with Crippen LogP contribution in [0.25, 0.3) is 0 Å². The maximum absolute atomic E-state index is 13.3. The predicted octanol–water partition coefficient (Wildman–Crippen LogP) is 4.42. The number of carbonyl (C=O) groups excluding carboxylic acids is 2. The van der Waals surface area contributed by atoms with Gasteiger partial charge in [-0.3, -0.25) is 9.59 Å². The molecule has 126 valence electrons. The molecule has 0 bridgehead atoms. The predicted molar refractivity (Wildman–Crippen MR) is 82.3 cm³/mol. The zero-order valence-corrected chi connectivity index (χ0v) is 13.3. The fraction of sp³-hybridized carbons (Fsp3) is 0.556. The van der Waals surface area contributed by atoms with Crippen LogP contribution in [-0.4, -0.2) is 16.7 Å². The Kier molecular flexibility index (Phi) is 5.85. The van der Waals surface area contributed by atoms with Crippen LogP contribution in [0.5, 0.6) is 5.75 Å². The highest BCUT2D eigenvalue weighted by atomic mass is 19.2. The molecular formula is C18H22F2O3. The first-order chi connectivity index (χ1) is 10.9. The van der Waals surface area contributed by atoms with E-state index in [1.54, 1.807) is 0 Å². The van der Waals surface area contributed by atoms with Crippen LogP contribution in [-0.2, 0) is 4.79 Å². The molecule has 0 atom stereocenters. The van der Waals surface area contributed by atoms with Crippen LogP contribution >= 0.6 is 0 Å². The van der Waals surface area contributed by atoms with E-state index in [2.05, 4.69) is 6.92 Å².